The van der Waals surface area contributed by atoms with E-state index < -0.39 is 47.6 Å². The fraction of sp³-hybridized carbons (Fsp3) is 0.571. The molecule has 2 aliphatic rings. The van der Waals surface area contributed by atoms with E-state index in [9.17, 15) is 29.6 Å². The van der Waals surface area contributed by atoms with Gasteiger partial charge in [-0.25, -0.2) is 29.6 Å². The van der Waals surface area contributed by atoms with E-state index in [1.165, 1.54) is 0 Å². The minimum Gasteiger partial charge on any atom is -0.229 e. The molecule has 0 amide bonds. The monoisotopic (exact) mass is 411 g/mol. The number of halogens is 1. The van der Waals surface area contributed by atoms with Crippen LogP contribution in [0.15, 0.2) is 29.2 Å². The van der Waals surface area contributed by atoms with Gasteiger partial charge in [0.05, 0.1) is 27.9 Å². The highest BCUT2D eigenvalue weighted by Crippen LogP contribution is 2.31. The first-order valence-corrected chi connectivity index (χ1v) is 12.8. The van der Waals surface area contributed by atoms with Crippen LogP contribution in [0.1, 0.15) is 12.8 Å². The molecular formula is C14H18FNO6S3. The molecule has 0 bridgehead atoms. The van der Waals surface area contributed by atoms with Crippen molar-refractivity contribution in [2.24, 2.45) is 0 Å². The van der Waals surface area contributed by atoms with Crippen molar-refractivity contribution < 1.29 is 29.6 Å². The lowest BCUT2D eigenvalue weighted by molar-refractivity contribution is 0.280. The quantitative estimate of drug-likeness (QED) is 0.700. The summed E-state index contributed by atoms with van der Waals surface area (Å²) in [6.07, 6.45) is 0.249. The zero-order valence-corrected chi connectivity index (χ0v) is 15.7. The van der Waals surface area contributed by atoms with Gasteiger partial charge >= 0.3 is 0 Å². The molecule has 2 aliphatic heterocycles. The number of hydrogen-bond donors (Lipinski definition) is 0. The zero-order chi connectivity index (χ0) is 18.5. The van der Waals surface area contributed by atoms with Gasteiger partial charge in [-0.2, -0.15) is 4.31 Å². The Balaban J connectivity index is 2.03. The molecule has 0 N–H and O–H groups in total. The van der Waals surface area contributed by atoms with Gasteiger partial charge in [0.2, 0.25) is 10.0 Å². The van der Waals surface area contributed by atoms with Crippen LogP contribution in [0, 0.1) is 5.82 Å². The van der Waals surface area contributed by atoms with Crippen molar-refractivity contribution in [3.63, 3.8) is 0 Å². The maximum absolute atomic E-state index is 13.1. The molecule has 3 rings (SSSR count). The average Bonchev–Trinajstić information content (AvgIpc) is 3.02. The van der Waals surface area contributed by atoms with E-state index in [2.05, 4.69) is 0 Å². The van der Waals surface area contributed by atoms with Crippen LogP contribution in [0.4, 0.5) is 4.39 Å². The van der Waals surface area contributed by atoms with Crippen molar-refractivity contribution in [3.05, 3.63) is 30.1 Å². The molecule has 25 heavy (non-hydrogen) atoms. The van der Waals surface area contributed by atoms with Gasteiger partial charge < -0.3 is 0 Å². The van der Waals surface area contributed by atoms with E-state index >= 15 is 0 Å². The number of sulfone groups is 2. The average molecular weight is 411 g/mol. The van der Waals surface area contributed by atoms with Crippen molar-refractivity contribution in [1.82, 2.24) is 4.31 Å². The molecule has 0 aliphatic carbocycles. The second kappa shape index (κ2) is 6.29. The van der Waals surface area contributed by atoms with Crippen molar-refractivity contribution >= 4 is 29.7 Å². The molecular weight excluding hydrogens is 393 g/mol. The molecule has 0 unspecified atom stereocenters. The summed E-state index contributed by atoms with van der Waals surface area (Å²) in [4.78, 5) is -0.178. The third-order valence-electron chi connectivity index (χ3n) is 4.53. The topological polar surface area (TPSA) is 106 Å². The molecule has 0 saturated carbocycles. The van der Waals surface area contributed by atoms with E-state index in [0.717, 1.165) is 28.6 Å². The first kappa shape index (κ1) is 18.7. The first-order chi connectivity index (χ1) is 11.5. The van der Waals surface area contributed by atoms with Gasteiger partial charge in [-0.05, 0) is 37.1 Å². The molecule has 2 saturated heterocycles. The minimum absolute atomic E-state index is 0.124. The normalized spacial score (nSPS) is 28.4. The lowest BCUT2D eigenvalue weighted by Gasteiger charge is -2.32. The van der Waals surface area contributed by atoms with Gasteiger partial charge in [-0.15, -0.1) is 0 Å². The van der Waals surface area contributed by atoms with E-state index in [1.807, 2.05) is 0 Å². The Morgan fingerprint density at radius 1 is 0.880 bits per heavy atom. The predicted molar refractivity (Wildman–Crippen MR) is 89.5 cm³/mol. The van der Waals surface area contributed by atoms with Crippen LogP contribution in [0.2, 0.25) is 0 Å². The molecule has 2 fully saturated rings. The van der Waals surface area contributed by atoms with E-state index in [4.69, 9.17) is 0 Å². The Kier molecular flexibility index (Phi) is 4.71. The summed E-state index contributed by atoms with van der Waals surface area (Å²) in [6, 6.07) is 2.59. The number of hydrogen-bond acceptors (Lipinski definition) is 6. The summed E-state index contributed by atoms with van der Waals surface area (Å²) in [5.74, 6) is -1.52. The SMILES string of the molecule is O=S1(=O)CC[C@@H](N([C@@H]2CCS(=O)(=O)C2)S(=O)(=O)c2ccc(F)cc2)C1. The van der Waals surface area contributed by atoms with Crippen LogP contribution in [0.5, 0.6) is 0 Å². The molecule has 140 valence electrons. The molecule has 1 aromatic carbocycles. The zero-order valence-electron chi connectivity index (χ0n) is 13.2. The Morgan fingerprint density at radius 3 is 1.68 bits per heavy atom. The number of benzene rings is 1. The highest BCUT2D eigenvalue weighted by atomic mass is 32.2. The molecule has 0 spiro atoms. The van der Waals surface area contributed by atoms with Gasteiger partial charge in [0.1, 0.15) is 5.82 Å². The van der Waals surface area contributed by atoms with Crippen LogP contribution >= 0.6 is 0 Å². The fourth-order valence-corrected chi connectivity index (χ4v) is 8.85. The Morgan fingerprint density at radius 2 is 1.32 bits per heavy atom. The molecule has 0 radical (unpaired) electrons. The number of rotatable bonds is 4. The van der Waals surface area contributed by atoms with Crippen LogP contribution in [0.25, 0.3) is 0 Å². The molecule has 7 nitrogen and oxygen atoms in total. The third-order valence-corrected chi connectivity index (χ3v) is 10.0. The van der Waals surface area contributed by atoms with Gasteiger partial charge in [0, 0.05) is 12.1 Å². The van der Waals surface area contributed by atoms with Crippen molar-refractivity contribution in [2.45, 2.75) is 29.8 Å². The van der Waals surface area contributed by atoms with Crippen molar-refractivity contribution in [3.8, 4) is 0 Å². The predicted octanol–water partition coefficient (Wildman–Crippen LogP) is 0.191. The Hall–Kier alpha value is -1.04. The smallest absolute Gasteiger partial charge is 0.229 e. The van der Waals surface area contributed by atoms with Gasteiger partial charge in [-0.1, -0.05) is 0 Å². The summed E-state index contributed by atoms with van der Waals surface area (Å²) < 4.78 is 87.5. The van der Waals surface area contributed by atoms with Crippen molar-refractivity contribution in [2.75, 3.05) is 23.0 Å². The van der Waals surface area contributed by atoms with E-state index in [-0.39, 0.29) is 40.7 Å². The third kappa shape index (κ3) is 3.88. The largest absolute Gasteiger partial charge is 0.243 e. The highest BCUT2D eigenvalue weighted by molar-refractivity contribution is 7.92. The highest BCUT2D eigenvalue weighted by Gasteiger charge is 2.45. The minimum atomic E-state index is -4.15. The van der Waals surface area contributed by atoms with Crippen molar-refractivity contribution in [1.29, 1.82) is 0 Å². The summed E-state index contributed by atoms with van der Waals surface area (Å²) in [5.41, 5.74) is 0. The molecule has 2 heterocycles. The molecule has 2 atom stereocenters. The summed E-state index contributed by atoms with van der Waals surface area (Å²) in [6.45, 7) is 0. The Bertz CT molecular complexity index is 926. The van der Waals surface area contributed by atoms with Crippen LogP contribution < -0.4 is 0 Å². The summed E-state index contributed by atoms with van der Waals surface area (Å²) in [5, 5.41) is 0. The second-order valence-corrected chi connectivity index (χ2v) is 12.7. The standard InChI is InChI=1S/C14H18FNO6S3/c15-11-1-3-14(4-2-11)25(21,22)16(12-5-7-23(17,18)9-12)13-6-8-24(19,20)10-13/h1-4,12-13H,5-10H2/t12-,13-/m1/s1. The lowest BCUT2D eigenvalue weighted by atomic mass is 10.2. The van der Waals surface area contributed by atoms with E-state index in [1.54, 1.807) is 0 Å². The molecule has 1 aromatic rings. The fourth-order valence-electron chi connectivity index (χ4n) is 3.37. The van der Waals surface area contributed by atoms with Gasteiger partial charge in [-0.3, -0.25) is 0 Å². The number of sulfonamides is 1. The molecule has 11 heteroatoms. The van der Waals surface area contributed by atoms with Crippen LogP contribution in [-0.4, -0.2) is 64.7 Å². The number of nitrogens with zero attached hydrogens (tertiary/aromatic N) is 1. The second-order valence-electron chi connectivity index (χ2n) is 6.40. The maximum Gasteiger partial charge on any atom is 0.243 e. The van der Waals surface area contributed by atoms with Gasteiger partial charge in [0.25, 0.3) is 0 Å². The van der Waals surface area contributed by atoms with Crippen LogP contribution in [0.3, 0.4) is 0 Å². The lowest BCUT2D eigenvalue weighted by Crippen LogP contribution is -2.48. The Labute approximate surface area is 146 Å². The maximum atomic E-state index is 13.1. The molecule has 0 aromatic heterocycles. The van der Waals surface area contributed by atoms with E-state index in [0.29, 0.717) is 0 Å². The van der Waals surface area contributed by atoms with Crippen LogP contribution in [-0.2, 0) is 29.7 Å². The summed E-state index contributed by atoms with van der Waals surface area (Å²) in [7, 11) is -10.9. The first-order valence-electron chi connectivity index (χ1n) is 7.70. The summed E-state index contributed by atoms with van der Waals surface area (Å²) >= 11 is 0. The van der Waals surface area contributed by atoms with Gasteiger partial charge in [0.15, 0.2) is 19.7 Å².